The van der Waals surface area contributed by atoms with Crippen molar-refractivity contribution >= 4 is 49.3 Å². The molecule has 0 saturated heterocycles. The van der Waals surface area contributed by atoms with E-state index in [4.69, 9.17) is 19.7 Å². The van der Waals surface area contributed by atoms with Crippen molar-refractivity contribution in [1.82, 2.24) is 23.9 Å². The van der Waals surface area contributed by atoms with Crippen molar-refractivity contribution in [1.29, 1.82) is 0 Å². The first-order chi connectivity index (χ1) is 27.4. The molecule has 0 aliphatic carbocycles. The maximum Gasteiger partial charge on any atom is 2.00 e. The fraction of sp³-hybridized carbons (Fsp3) is 0.140. The second kappa shape index (κ2) is 13.2. The number of hydrogen-bond donors (Lipinski definition) is 0. The van der Waals surface area contributed by atoms with Crippen molar-refractivity contribution in [3.63, 3.8) is 0 Å². The molecule has 0 atom stereocenters. The van der Waals surface area contributed by atoms with Crippen LogP contribution < -0.4 is 4.74 Å². The molecule has 6 heterocycles. The Hall–Kier alpha value is -6.13. The van der Waals surface area contributed by atoms with Gasteiger partial charge in [0.15, 0.2) is 0 Å². The van der Waals surface area contributed by atoms with E-state index in [9.17, 15) is 0 Å². The summed E-state index contributed by atoms with van der Waals surface area (Å²) < 4.78 is 11.2. The predicted octanol–water partition coefficient (Wildman–Crippen LogP) is 12.2. The van der Waals surface area contributed by atoms with Crippen LogP contribution in [0.15, 0.2) is 140 Å². The van der Waals surface area contributed by atoms with Gasteiger partial charge in [-0.15, -0.1) is 23.6 Å². The predicted molar refractivity (Wildman–Crippen MR) is 226 cm³/mol. The molecule has 1 aliphatic heterocycles. The molecule has 5 aromatic heterocycles. The minimum atomic E-state index is -0.190. The quantitative estimate of drug-likeness (QED) is 0.0951. The summed E-state index contributed by atoms with van der Waals surface area (Å²) in [5, 5.41) is 4.11. The van der Waals surface area contributed by atoms with Crippen LogP contribution in [-0.4, -0.2) is 23.9 Å². The van der Waals surface area contributed by atoms with Crippen molar-refractivity contribution in [2.45, 2.75) is 33.1 Å². The van der Waals surface area contributed by atoms with Gasteiger partial charge in [-0.2, -0.15) is 6.07 Å². The van der Waals surface area contributed by atoms with Gasteiger partial charge < -0.3 is 13.7 Å². The van der Waals surface area contributed by atoms with Crippen LogP contribution in [0.2, 0.25) is 0 Å². The molecule has 0 N–H and O–H groups in total. The van der Waals surface area contributed by atoms with Crippen LogP contribution in [-0.2, 0) is 25.8 Å². The largest absolute Gasteiger partial charge is 2.00 e. The van der Waals surface area contributed by atoms with Crippen LogP contribution in [0.5, 0.6) is 11.5 Å². The van der Waals surface area contributed by atoms with Gasteiger partial charge in [0, 0.05) is 46.0 Å². The third-order valence-electron chi connectivity index (χ3n) is 12.0. The average Bonchev–Trinajstić information content (AvgIpc) is 3.80. The molecule has 6 nitrogen and oxygen atoms in total. The molecule has 10 aromatic rings. The van der Waals surface area contributed by atoms with Gasteiger partial charge in [-0.1, -0.05) is 141 Å². The fourth-order valence-corrected chi connectivity index (χ4v) is 9.82. The summed E-state index contributed by atoms with van der Waals surface area (Å²) in [7, 11) is 0. The van der Waals surface area contributed by atoms with Crippen LogP contribution in [0.4, 0.5) is 0 Å². The smallest absolute Gasteiger partial charge is 0.503 e. The molecule has 1 aliphatic rings. The maximum atomic E-state index is 6.71. The Bertz CT molecular complexity index is 3180. The SMILES string of the molecule is CC(C)C1(C(C)C)c2cccnc2-n2c3[c-]c(Oc4[c-]c5c(cc4)c4ncccc4n4c(-c6ccccc6)c(-c6ccccc6)nc54)ccc3c3cccc1c32.[Pd+2]. The number of ether oxygens (including phenoxy) is 1. The first-order valence-electron chi connectivity index (χ1n) is 19.3. The molecule has 0 saturated carbocycles. The van der Waals surface area contributed by atoms with Gasteiger partial charge in [0.1, 0.15) is 5.82 Å². The van der Waals surface area contributed by atoms with Gasteiger partial charge in [0.25, 0.3) is 0 Å². The van der Waals surface area contributed by atoms with E-state index in [1.54, 1.807) is 0 Å². The summed E-state index contributed by atoms with van der Waals surface area (Å²) in [6, 6.07) is 51.6. The Morgan fingerprint density at radius 2 is 1.28 bits per heavy atom. The Balaban J connectivity index is 0.00000396. The minimum absolute atomic E-state index is 0. The maximum absolute atomic E-state index is 6.71. The van der Waals surface area contributed by atoms with E-state index in [2.05, 4.69) is 146 Å². The topological polar surface area (TPSA) is 57.2 Å². The van der Waals surface area contributed by atoms with E-state index in [0.29, 0.717) is 23.3 Å². The molecule has 0 bridgehead atoms. The zero-order chi connectivity index (χ0) is 37.7. The summed E-state index contributed by atoms with van der Waals surface area (Å²) in [6.07, 6.45) is 3.75. The zero-order valence-corrected chi connectivity index (χ0v) is 33.4. The second-order valence-corrected chi connectivity index (χ2v) is 15.5. The van der Waals surface area contributed by atoms with Gasteiger partial charge in [-0.05, 0) is 46.5 Å². The Morgan fingerprint density at radius 1 is 0.614 bits per heavy atom. The number of para-hydroxylation sites is 1. The molecule has 7 heteroatoms. The summed E-state index contributed by atoms with van der Waals surface area (Å²) in [5.41, 5.74) is 11.2. The van der Waals surface area contributed by atoms with Crippen LogP contribution in [0.1, 0.15) is 38.8 Å². The van der Waals surface area contributed by atoms with Crippen LogP contribution >= 0.6 is 0 Å². The molecule has 0 spiro atoms. The van der Waals surface area contributed by atoms with E-state index < -0.39 is 0 Å². The van der Waals surface area contributed by atoms with E-state index in [1.807, 2.05) is 42.7 Å². The van der Waals surface area contributed by atoms with Gasteiger partial charge in [-0.3, -0.25) is 9.97 Å². The van der Waals surface area contributed by atoms with E-state index in [-0.39, 0.29) is 25.8 Å². The minimum Gasteiger partial charge on any atom is -0.503 e. The second-order valence-electron chi connectivity index (χ2n) is 15.5. The summed E-state index contributed by atoms with van der Waals surface area (Å²) in [4.78, 5) is 15.3. The summed E-state index contributed by atoms with van der Waals surface area (Å²) >= 11 is 0. The number of imidazole rings is 1. The van der Waals surface area contributed by atoms with Crippen molar-refractivity contribution in [2.75, 3.05) is 0 Å². The Labute approximate surface area is 344 Å². The third-order valence-corrected chi connectivity index (χ3v) is 12.0. The fourth-order valence-electron chi connectivity index (χ4n) is 9.82. The first kappa shape index (κ1) is 35.3. The normalized spacial score (nSPS) is 13.2. The zero-order valence-electron chi connectivity index (χ0n) is 31.9. The standard InChI is InChI=1S/C50H37N5O.Pd/c1-30(2)50(31(3)4)40-19-11-18-38-36-24-22-35(29-43(36)55(47(38)40)49-41(50)20-12-27-52-49)56-34-23-25-37-39(28-34)48-53-44(32-14-7-5-8-15-32)46(33-16-9-6-10-17-33)54(48)42-21-13-26-51-45(37)42;/h5-27,30-31H,1-4H3;/q-2;+2. The third kappa shape index (κ3) is 4.96. The van der Waals surface area contributed by atoms with E-state index in [1.165, 1.54) is 22.0 Å². The van der Waals surface area contributed by atoms with Crippen molar-refractivity contribution < 1.29 is 25.2 Å². The van der Waals surface area contributed by atoms with Gasteiger partial charge in [0.05, 0.1) is 28.1 Å². The molecular weight excluding hydrogens is 793 g/mol. The number of nitrogens with zero attached hydrogens (tertiary/aromatic N) is 5. The number of rotatable bonds is 6. The number of aromatic nitrogens is 5. The molecule has 0 radical (unpaired) electrons. The summed E-state index contributed by atoms with van der Waals surface area (Å²) in [5.74, 6) is 2.85. The van der Waals surface area contributed by atoms with E-state index in [0.717, 1.165) is 66.7 Å². The summed E-state index contributed by atoms with van der Waals surface area (Å²) in [6.45, 7) is 9.36. The number of benzene rings is 5. The molecule has 57 heavy (non-hydrogen) atoms. The number of fused-ring (bicyclic) bond motifs is 11. The molecule has 278 valence electrons. The van der Waals surface area contributed by atoms with Gasteiger partial charge >= 0.3 is 20.4 Å². The van der Waals surface area contributed by atoms with Crippen LogP contribution in [0.25, 0.3) is 77.6 Å². The molecule has 0 amide bonds. The van der Waals surface area contributed by atoms with Crippen molar-refractivity contribution in [2.24, 2.45) is 11.8 Å². The van der Waals surface area contributed by atoms with Crippen LogP contribution in [0.3, 0.4) is 0 Å². The monoisotopic (exact) mass is 829 g/mol. The van der Waals surface area contributed by atoms with E-state index >= 15 is 0 Å². The van der Waals surface area contributed by atoms with Gasteiger partial charge in [-0.25, -0.2) is 4.98 Å². The average molecular weight is 830 g/mol. The Kier molecular flexibility index (Phi) is 8.20. The van der Waals surface area contributed by atoms with Crippen LogP contribution in [0, 0.1) is 24.0 Å². The van der Waals surface area contributed by atoms with Crippen molar-refractivity contribution in [3.05, 3.63) is 163 Å². The molecule has 5 aromatic carbocycles. The molecule has 11 rings (SSSR count). The van der Waals surface area contributed by atoms with Gasteiger partial charge in [0.2, 0.25) is 0 Å². The number of pyridine rings is 3. The molecular formula is C50H37N5OPd. The molecule has 0 fully saturated rings. The first-order valence-corrected chi connectivity index (χ1v) is 19.3. The molecule has 0 unspecified atom stereocenters. The Morgan fingerprint density at radius 3 is 2.04 bits per heavy atom. The number of hydrogen-bond acceptors (Lipinski definition) is 4. The van der Waals surface area contributed by atoms with Crippen molar-refractivity contribution in [3.8, 4) is 39.8 Å².